The van der Waals surface area contributed by atoms with Crippen LogP contribution in [-0.2, 0) is 16.1 Å². The third kappa shape index (κ3) is 10.2. The first-order valence-corrected chi connectivity index (χ1v) is 15.0. The molecule has 0 aliphatic heterocycles. The molecule has 0 aromatic heterocycles. The number of carbonyl (C=O) groups excluding carboxylic acids is 1. The SMILES string of the molecule is CCCCC/C(=C\c1ccccc1)CN(CCC(c1ccccc1)c1ccccc1)C(=O)COCc1ccccc1. The molecule has 0 atom stereocenters. The van der Waals surface area contributed by atoms with E-state index in [0.717, 1.165) is 24.8 Å². The van der Waals surface area contributed by atoms with E-state index in [0.29, 0.717) is 19.7 Å². The predicted octanol–water partition coefficient (Wildman–Crippen LogP) is 8.92. The summed E-state index contributed by atoms with van der Waals surface area (Å²) in [5, 5.41) is 0. The van der Waals surface area contributed by atoms with Gasteiger partial charge in [-0.25, -0.2) is 0 Å². The van der Waals surface area contributed by atoms with E-state index in [2.05, 4.69) is 97.9 Å². The number of nitrogens with zero attached hydrogens (tertiary/aromatic N) is 1. The van der Waals surface area contributed by atoms with Crippen LogP contribution >= 0.6 is 0 Å². The van der Waals surface area contributed by atoms with Crippen molar-refractivity contribution in [3.63, 3.8) is 0 Å². The number of ether oxygens (including phenoxy) is 1. The van der Waals surface area contributed by atoms with Crippen LogP contribution < -0.4 is 0 Å². The van der Waals surface area contributed by atoms with E-state index in [9.17, 15) is 4.79 Å². The molecule has 0 saturated heterocycles. The van der Waals surface area contributed by atoms with Crippen LogP contribution in [0.15, 0.2) is 127 Å². The van der Waals surface area contributed by atoms with Gasteiger partial charge in [-0.1, -0.05) is 153 Å². The van der Waals surface area contributed by atoms with Crippen LogP contribution in [0, 0.1) is 0 Å². The summed E-state index contributed by atoms with van der Waals surface area (Å²) in [5.41, 5.74) is 6.09. The van der Waals surface area contributed by atoms with E-state index < -0.39 is 0 Å². The zero-order valence-electron chi connectivity index (χ0n) is 24.3. The fourth-order valence-corrected chi connectivity index (χ4v) is 5.22. The van der Waals surface area contributed by atoms with Gasteiger partial charge in [0, 0.05) is 19.0 Å². The predicted molar refractivity (Wildman–Crippen MR) is 171 cm³/mol. The van der Waals surface area contributed by atoms with Crippen LogP contribution in [0.3, 0.4) is 0 Å². The molecule has 0 saturated carbocycles. The van der Waals surface area contributed by atoms with E-state index in [4.69, 9.17) is 4.74 Å². The van der Waals surface area contributed by atoms with Gasteiger partial charge < -0.3 is 9.64 Å². The Balaban J connectivity index is 1.54. The molecule has 4 aromatic rings. The number of carbonyl (C=O) groups is 1. The summed E-state index contributed by atoms with van der Waals surface area (Å²) in [6, 6.07) is 41.8. The summed E-state index contributed by atoms with van der Waals surface area (Å²) < 4.78 is 5.93. The van der Waals surface area contributed by atoms with Gasteiger partial charge in [0.05, 0.1) is 6.61 Å². The Hall–Kier alpha value is -3.95. The van der Waals surface area contributed by atoms with Crippen molar-refractivity contribution in [1.82, 2.24) is 4.90 Å². The van der Waals surface area contributed by atoms with Crippen molar-refractivity contribution in [2.45, 2.75) is 51.6 Å². The Labute approximate surface area is 246 Å². The Bertz CT molecular complexity index is 1260. The molecule has 0 N–H and O–H groups in total. The molecule has 0 heterocycles. The molecule has 0 aliphatic rings. The number of hydrogen-bond acceptors (Lipinski definition) is 2. The van der Waals surface area contributed by atoms with E-state index >= 15 is 0 Å². The summed E-state index contributed by atoms with van der Waals surface area (Å²) in [4.78, 5) is 15.7. The molecular formula is C38H43NO2. The Morgan fingerprint density at radius 2 is 1.32 bits per heavy atom. The minimum absolute atomic E-state index is 0.0373. The second-order valence-electron chi connectivity index (χ2n) is 10.6. The first kappa shape index (κ1) is 30.0. The van der Waals surface area contributed by atoms with Crippen molar-refractivity contribution in [1.29, 1.82) is 0 Å². The average Bonchev–Trinajstić information content (AvgIpc) is 3.02. The van der Waals surface area contributed by atoms with Crippen molar-refractivity contribution in [3.05, 3.63) is 149 Å². The van der Waals surface area contributed by atoms with Gasteiger partial charge in [0.25, 0.3) is 0 Å². The third-order valence-electron chi connectivity index (χ3n) is 7.45. The lowest BCUT2D eigenvalue weighted by atomic mass is 9.88. The number of rotatable bonds is 16. The Morgan fingerprint density at radius 3 is 1.90 bits per heavy atom. The molecule has 0 unspecified atom stereocenters. The lowest BCUT2D eigenvalue weighted by Gasteiger charge is -2.27. The maximum Gasteiger partial charge on any atom is 0.248 e. The highest BCUT2D eigenvalue weighted by Crippen LogP contribution is 2.28. The van der Waals surface area contributed by atoms with Gasteiger partial charge in [-0.15, -0.1) is 0 Å². The number of hydrogen-bond donors (Lipinski definition) is 0. The zero-order valence-corrected chi connectivity index (χ0v) is 24.3. The molecule has 4 rings (SSSR count). The van der Waals surface area contributed by atoms with Crippen LogP contribution in [0.25, 0.3) is 6.08 Å². The van der Waals surface area contributed by atoms with Crippen molar-refractivity contribution in [2.24, 2.45) is 0 Å². The highest BCUT2D eigenvalue weighted by atomic mass is 16.5. The second-order valence-corrected chi connectivity index (χ2v) is 10.6. The Kier molecular flexibility index (Phi) is 12.4. The standard InChI is InChI=1S/C38H43NO2/c1-2-3-8-21-34(28-32-17-9-4-10-18-32)29-39(38(40)31-41-30-33-19-11-5-12-20-33)27-26-37(35-22-13-6-14-23-35)36-24-15-7-16-25-36/h4-7,9-20,22-25,28,37H,2-3,8,21,26-27,29-31H2,1H3/b34-28+. The van der Waals surface area contributed by atoms with E-state index in [1.54, 1.807) is 0 Å². The largest absolute Gasteiger partial charge is 0.367 e. The van der Waals surface area contributed by atoms with Crippen LogP contribution in [-0.4, -0.2) is 30.5 Å². The molecule has 41 heavy (non-hydrogen) atoms. The van der Waals surface area contributed by atoms with Gasteiger partial charge >= 0.3 is 0 Å². The zero-order chi connectivity index (χ0) is 28.5. The van der Waals surface area contributed by atoms with Crippen LogP contribution in [0.5, 0.6) is 0 Å². The normalized spacial score (nSPS) is 11.5. The maximum absolute atomic E-state index is 13.7. The minimum atomic E-state index is 0.0373. The highest BCUT2D eigenvalue weighted by molar-refractivity contribution is 5.78. The van der Waals surface area contributed by atoms with Crippen molar-refractivity contribution in [3.8, 4) is 0 Å². The van der Waals surface area contributed by atoms with Gasteiger partial charge in [0.1, 0.15) is 6.61 Å². The number of benzene rings is 4. The lowest BCUT2D eigenvalue weighted by molar-refractivity contribution is -0.136. The van der Waals surface area contributed by atoms with Crippen molar-refractivity contribution in [2.75, 3.05) is 19.7 Å². The Morgan fingerprint density at radius 1 is 0.756 bits per heavy atom. The first-order valence-electron chi connectivity index (χ1n) is 15.0. The summed E-state index contributed by atoms with van der Waals surface area (Å²) in [5.74, 6) is 0.245. The fraction of sp³-hybridized carbons (Fsp3) is 0.289. The van der Waals surface area contributed by atoms with Crippen molar-refractivity contribution < 1.29 is 9.53 Å². The molecule has 0 bridgehead atoms. The molecule has 0 fully saturated rings. The molecule has 212 valence electrons. The van der Waals surface area contributed by atoms with E-state index in [-0.39, 0.29) is 18.4 Å². The van der Waals surface area contributed by atoms with Gasteiger partial charge in [0.15, 0.2) is 0 Å². The summed E-state index contributed by atoms with van der Waals surface area (Å²) in [6.07, 6.45) is 7.57. The molecule has 0 radical (unpaired) electrons. The summed E-state index contributed by atoms with van der Waals surface area (Å²) in [6.45, 7) is 4.00. The smallest absolute Gasteiger partial charge is 0.248 e. The van der Waals surface area contributed by atoms with Gasteiger partial charge in [0.2, 0.25) is 5.91 Å². The van der Waals surface area contributed by atoms with Crippen LogP contribution in [0.1, 0.15) is 67.2 Å². The third-order valence-corrected chi connectivity index (χ3v) is 7.45. The van der Waals surface area contributed by atoms with Gasteiger partial charge in [-0.2, -0.15) is 0 Å². The van der Waals surface area contributed by atoms with Crippen LogP contribution in [0.4, 0.5) is 0 Å². The quantitative estimate of drug-likeness (QED) is 0.132. The fourth-order valence-electron chi connectivity index (χ4n) is 5.22. The van der Waals surface area contributed by atoms with Gasteiger partial charge in [-0.05, 0) is 41.5 Å². The number of amides is 1. The molecule has 3 nitrogen and oxygen atoms in total. The maximum atomic E-state index is 13.7. The van der Waals surface area contributed by atoms with Crippen molar-refractivity contribution >= 4 is 12.0 Å². The highest BCUT2D eigenvalue weighted by Gasteiger charge is 2.20. The minimum Gasteiger partial charge on any atom is -0.367 e. The molecule has 4 aromatic carbocycles. The first-order chi connectivity index (χ1) is 20.2. The molecule has 1 amide bonds. The topological polar surface area (TPSA) is 29.5 Å². The second kappa shape index (κ2) is 17.0. The molecule has 0 aliphatic carbocycles. The van der Waals surface area contributed by atoms with Gasteiger partial charge in [-0.3, -0.25) is 4.79 Å². The molecule has 0 spiro atoms. The van der Waals surface area contributed by atoms with E-state index in [1.807, 2.05) is 41.3 Å². The van der Waals surface area contributed by atoms with Crippen LogP contribution in [0.2, 0.25) is 0 Å². The monoisotopic (exact) mass is 545 g/mol. The summed E-state index contributed by atoms with van der Waals surface area (Å²) in [7, 11) is 0. The average molecular weight is 546 g/mol. The lowest BCUT2D eigenvalue weighted by Crippen LogP contribution is -2.37. The molecular weight excluding hydrogens is 502 g/mol. The van der Waals surface area contributed by atoms with E-state index in [1.165, 1.54) is 35.1 Å². The summed E-state index contributed by atoms with van der Waals surface area (Å²) >= 11 is 0. The molecule has 3 heteroatoms. The number of unbranched alkanes of at least 4 members (excludes halogenated alkanes) is 2.